The van der Waals surface area contributed by atoms with Gasteiger partial charge in [0.2, 0.25) is 11.6 Å². The first-order chi connectivity index (χ1) is 12.4. The molecule has 0 saturated carbocycles. The van der Waals surface area contributed by atoms with Gasteiger partial charge in [-0.1, -0.05) is 25.4 Å². The molecule has 144 valence electrons. The SMILES string of the molecule is CC(C)COc1c(Cl)ccn2nc(NC3CCN(CS(=O)O)CC3)nc12. The Bertz CT molecular complexity index is 777. The van der Waals surface area contributed by atoms with Gasteiger partial charge in [-0.2, -0.15) is 4.98 Å². The minimum atomic E-state index is -1.78. The maximum Gasteiger partial charge on any atom is 0.243 e. The van der Waals surface area contributed by atoms with Crippen molar-refractivity contribution in [2.75, 3.05) is 30.9 Å². The molecule has 2 aromatic rings. The largest absolute Gasteiger partial charge is 0.488 e. The van der Waals surface area contributed by atoms with Crippen LogP contribution in [0.4, 0.5) is 5.95 Å². The number of fused-ring (bicyclic) bond motifs is 1. The van der Waals surface area contributed by atoms with Crippen LogP contribution in [-0.4, -0.2) is 59.9 Å². The lowest BCUT2D eigenvalue weighted by Gasteiger charge is -2.30. The highest BCUT2D eigenvalue weighted by Gasteiger charge is 2.22. The van der Waals surface area contributed by atoms with Crippen LogP contribution >= 0.6 is 11.6 Å². The van der Waals surface area contributed by atoms with Gasteiger partial charge in [-0.25, -0.2) is 8.72 Å². The van der Waals surface area contributed by atoms with E-state index in [1.165, 1.54) is 0 Å². The van der Waals surface area contributed by atoms with E-state index in [9.17, 15) is 4.21 Å². The Kier molecular flexibility index (Phi) is 6.33. The van der Waals surface area contributed by atoms with Crippen LogP contribution in [0.25, 0.3) is 5.65 Å². The van der Waals surface area contributed by atoms with E-state index in [1.807, 2.05) is 4.90 Å². The minimum absolute atomic E-state index is 0.203. The number of aromatic nitrogens is 3. The number of ether oxygens (including phenoxy) is 1. The second-order valence-corrected chi connectivity index (χ2v) is 8.20. The number of hydrogen-bond donors (Lipinski definition) is 2. The molecule has 0 bridgehead atoms. The third kappa shape index (κ3) is 4.85. The molecular weight excluding hydrogens is 378 g/mol. The zero-order chi connectivity index (χ0) is 18.7. The van der Waals surface area contributed by atoms with Gasteiger partial charge in [0.05, 0.1) is 11.6 Å². The first-order valence-electron chi connectivity index (χ1n) is 8.66. The van der Waals surface area contributed by atoms with Crippen LogP contribution in [0.2, 0.25) is 5.02 Å². The van der Waals surface area contributed by atoms with Gasteiger partial charge < -0.3 is 14.6 Å². The Morgan fingerprint density at radius 1 is 1.46 bits per heavy atom. The third-order valence-electron chi connectivity index (χ3n) is 4.19. The molecule has 0 aromatic carbocycles. The molecule has 1 aliphatic rings. The Labute approximate surface area is 160 Å². The van der Waals surface area contributed by atoms with Gasteiger partial charge in [0.1, 0.15) is 5.88 Å². The van der Waals surface area contributed by atoms with Crippen molar-refractivity contribution in [2.24, 2.45) is 5.92 Å². The molecule has 26 heavy (non-hydrogen) atoms. The average Bonchev–Trinajstić information content (AvgIpc) is 2.97. The van der Waals surface area contributed by atoms with Crippen molar-refractivity contribution in [3.63, 3.8) is 0 Å². The van der Waals surface area contributed by atoms with Gasteiger partial charge in [-0.3, -0.25) is 4.90 Å². The molecule has 3 heterocycles. The predicted octanol–water partition coefficient (Wildman–Crippen LogP) is 2.47. The summed E-state index contributed by atoms with van der Waals surface area (Å²) in [6.07, 6.45) is 3.49. The fourth-order valence-electron chi connectivity index (χ4n) is 2.89. The van der Waals surface area contributed by atoms with Gasteiger partial charge >= 0.3 is 0 Å². The normalized spacial score (nSPS) is 17.7. The van der Waals surface area contributed by atoms with Crippen LogP contribution in [0.3, 0.4) is 0 Å². The molecule has 2 N–H and O–H groups in total. The molecule has 0 amide bonds. The van der Waals surface area contributed by atoms with Gasteiger partial charge in [0.15, 0.2) is 16.8 Å². The molecule has 1 unspecified atom stereocenters. The lowest BCUT2D eigenvalue weighted by atomic mass is 10.1. The molecule has 3 rings (SSSR count). The van der Waals surface area contributed by atoms with E-state index in [4.69, 9.17) is 20.9 Å². The summed E-state index contributed by atoms with van der Waals surface area (Å²) in [6.45, 7) is 6.24. The van der Waals surface area contributed by atoms with Crippen LogP contribution in [0, 0.1) is 5.92 Å². The number of hydrogen-bond acceptors (Lipinski definition) is 6. The number of pyridine rings is 1. The quantitative estimate of drug-likeness (QED) is 0.688. The maximum atomic E-state index is 10.9. The molecule has 1 fully saturated rings. The van der Waals surface area contributed by atoms with Crippen LogP contribution in [0.1, 0.15) is 26.7 Å². The fourth-order valence-corrected chi connectivity index (χ4v) is 3.66. The lowest BCUT2D eigenvalue weighted by Crippen LogP contribution is -2.40. The highest BCUT2D eigenvalue weighted by molar-refractivity contribution is 7.79. The second-order valence-electron chi connectivity index (χ2n) is 6.89. The molecule has 2 aromatic heterocycles. The van der Waals surface area contributed by atoms with Gasteiger partial charge in [0, 0.05) is 25.3 Å². The lowest BCUT2D eigenvalue weighted by molar-refractivity contribution is 0.247. The van der Waals surface area contributed by atoms with Crippen LogP contribution in [-0.2, 0) is 11.1 Å². The van der Waals surface area contributed by atoms with E-state index in [0.29, 0.717) is 34.9 Å². The van der Waals surface area contributed by atoms with E-state index in [-0.39, 0.29) is 11.9 Å². The van der Waals surface area contributed by atoms with Crippen LogP contribution < -0.4 is 10.1 Å². The first-order valence-corrected chi connectivity index (χ1v) is 10.3. The molecule has 10 heteroatoms. The molecule has 8 nitrogen and oxygen atoms in total. The van der Waals surface area contributed by atoms with Crippen molar-refractivity contribution in [2.45, 2.75) is 32.7 Å². The van der Waals surface area contributed by atoms with Crippen molar-refractivity contribution in [1.82, 2.24) is 19.5 Å². The predicted molar refractivity (Wildman–Crippen MR) is 102 cm³/mol. The monoisotopic (exact) mass is 401 g/mol. The fraction of sp³-hybridized carbons (Fsp3) is 0.625. The summed E-state index contributed by atoms with van der Waals surface area (Å²) in [6, 6.07) is 1.97. The van der Waals surface area contributed by atoms with Crippen molar-refractivity contribution in [3.05, 3.63) is 17.3 Å². The second kappa shape index (κ2) is 8.51. The van der Waals surface area contributed by atoms with Crippen LogP contribution in [0.15, 0.2) is 12.3 Å². The summed E-state index contributed by atoms with van der Waals surface area (Å²) in [5.74, 6) is 1.66. The molecule has 1 saturated heterocycles. The number of piperidine rings is 1. The summed E-state index contributed by atoms with van der Waals surface area (Å²) in [4.78, 5) is 6.53. The third-order valence-corrected chi connectivity index (χ3v) is 5.07. The Morgan fingerprint density at radius 2 is 2.19 bits per heavy atom. The number of nitrogens with one attached hydrogen (secondary N) is 1. The standard InChI is InChI=1S/C16H24ClN5O3S/c1-11(2)9-25-14-13(17)5-8-22-15(14)19-16(20-22)18-12-3-6-21(7-4-12)10-26(23)24/h5,8,11-12H,3-4,6-7,9-10H2,1-2H3,(H,18,20)(H,23,24). The van der Waals surface area contributed by atoms with Crippen molar-refractivity contribution in [3.8, 4) is 5.75 Å². The molecule has 0 radical (unpaired) electrons. The summed E-state index contributed by atoms with van der Waals surface area (Å²) in [7, 11) is 0. The van der Waals surface area contributed by atoms with Crippen molar-refractivity contribution < 1.29 is 13.5 Å². The minimum Gasteiger partial charge on any atom is -0.488 e. The van der Waals surface area contributed by atoms with E-state index in [0.717, 1.165) is 25.9 Å². The number of anilines is 1. The smallest absolute Gasteiger partial charge is 0.243 e. The zero-order valence-electron chi connectivity index (χ0n) is 14.9. The maximum absolute atomic E-state index is 10.9. The van der Waals surface area contributed by atoms with Crippen molar-refractivity contribution >= 4 is 34.3 Å². The topological polar surface area (TPSA) is 92.0 Å². The molecule has 1 atom stereocenters. The number of rotatable bonds is 7. The first kappa shape index (κ1) is 19.3. The van der Waals surface area contributed by atoms with E-state index in [2.05, 4.69) is 29.2 Å². The summed E-state index contributed by atoms with van der Waals surface area (Å²) in [5, 5.41) is 8.32. The van der Waals surface area contributed by atoms with E-state index < -0.39 is 11.1 Å². The molecule has 0 spiro atoms. The van der Waals surface area contributed by atoms with E-state index in [1.54, 1.807) is 16.8 Å². The van der Waals surface area contributed by atoms with Crippen molar-refractivity contribution in [1.29, 1.82) is 0 Å². The number of likely N-dealkylation sites (tertiary alicyclic amines) is 1. The summed E-state index contributed by atoms with van der Waals surface area (Å²) >= 11 is 4.49. The zero-order valence-corrected chi connectivity index (χ0v) is 16.5. The van der Waals surface area contributed by atoms with Gasteiger partial charge in [-0.15, -0.1) is 5.10 Å². The average molecular weight is 402 g/mol. The Balaban J connectivity index is 1.68. The van der Waals surface area contributed by atoms with Crippen LogP contribution in [0.5, 0.6) is 5.75 Å². The Morgan fingerprint density at radius 3 is 2.85 bits per heavy atom. The molecule has 1 aliphatic heterocycles. The molecule has 0 aliphatic carbocycles. The Hall–Kier alpha value is -1.42. The highest BCUT2D eigenvalue weighted by Crippen LogP contribution is 2.29. The van der Waals surface area contributed by atoms with Gasteiger partial charge in [-0.05, 0) is 24.8 Å². The highest BCUT2D eigenvalue weighted by atomic mass is 35.5. The summed E-state index contributed by atoms with van der Waals surface area (Å²) in [5.41, 5.74) is 0.591. The molecular formula is C16H24ClN5O3S. The number of halogens is 1. The van der Waals surface area contributed by atoms with Gasteiger partial charge in [0.25, 0.3) is 0 Å². The number of nitrogens with zero attached hydrogens (tertiary/aromatic N) is 4. The van der Waals surface area contributed by atoms with E-state index >= 15 is 0 Å². The summed E-state index contributed by atoms with van der Waals surface area (Å²) < 4.78 is 27.4.